The van der Waals surface area contributed by atoms with E-state index in [1.54, 1.807) is 0 Å². The fraction of sp³-hybridized carbons (Fsp3) is 0.963. The fourth-order valence-electron chi connectivity index (χ4n) is 9.36. The molecule has 10 atom stereocenters. The van der Waals surface area contributed by atoms with Gasteiger partial charge in [0.1, 0.15) is 0 Å². The van der Waals surface area contributed by atoms with Crippen molar-refractivity contribution in [3.8, 4) is 0 Å². The lowest BCUT2D eigenvalue weighted by Crippen LogP contribution is -2.59. The van der Waals surface area contributed by atoms with Gasteiger partial charge in [-0.05, 0) is 104 Å². The van der Waals surface area contributed by atoms with E-state index in [0.717, 1.165) is 25.2 Å². The van der Waals surface area contributed by atoms with E-state index in [-0.39, 0.29) is 17.5 Å². The molecule has 5 unspecified atom stereocenters. The Balaban J connectivity index is 1.62. The fourth-order valence-corrected chi connectivity index (χ4v) is 10.0. The van der Waals surface area contributed by atoms with Crippen molar-refractivity contribution in [3.05, 3.63) is 0 Å². The summed E-state index contributed by atoms with van der Waals surface area (Å²) in [7, 11) is -2.03. The van der Waals surface area contributed by atoms with Gasteiger partial charge in [-0.25, -0.2) is 0 Å². The van der Waals surface area contributed by atoms with Crippen LogP contribution in [-0.4, -0.2) is 33.9 Å². The number of rotatable bonds is 6. The molecule has 0 saturated heterocycles. The molecule has 0 aromatic heterocycles. The lowest BCUT2D eigenvalue weighted by atomic mass is 9.43. The predicted octanol–water partition coefficient (Wildman–Crippen LogP) is 5.83. The molecule has 4 saturated carbocycles. The van der Waals surface area contributed by atoms with Crippen LogP contribution in [0.5, 0.6) is 0 Å². The molecule has 0 N–H and O–H groups in total. The zero-order valence-electron chi connectivity index (χ0n) is 21.6. The number of fused-ring (bicyclic) bond motifs is 5. The van der Waals surface area contributed by atoms with Crippen LogP contribution < -0.4 is 0 Å². The summed E-state index contributed by atoms with van der Waals surface area (Å²) in [4.78, 5) is 11.8. The average Bonchev–Trinajstić information content (AvgIpc) is 3.09. The van der Waals surface area contributed by atoms with E-state index >= 15 is 0 Å². The van der Waals surface area contributed by atoms with Gasteiger partial charge in [0.15, 0.2) is 0 Å². The molecule has 0 spiro atoms. The van der Waals surface area contributed by atoms with Crippen molar-refractivity contribution in [2.45, 2.75) is 98.0 Å². The molecular weight excluding hydrogens is 436 g/mol. The van der Waals surface area contributed by atoms with E-state index in [0.29, 0.717) is 47.3 Å². The summed E-state index contributed by atoms with van der Waals surface area (Å²) in [6.45, 7) is 9.65. The van der Waals surface area contributed by atoms with E-state index < -0.39 is 10.1 Å². The summed E-state index contributed by atoms with van der Waals surface area (Å²) >= 11 is 0. The third kappa shape index (κ3) is 4.64. The number of carbonyl (C=O) groups excluding carboxylic acids is 1. The summed E-state index contributed by atoms with van der Waals surface area (Å²) in [6, 6.07) is 0. The lowest BCUT2D eigenvalue weighted by Gasteiger charge is -2.63. The summed E-state index contributed by atoms with van der Waals surface area (Å²) < 4.78 is 35.5. The van der Waals surface area contributed by atoms with Crippen molar-refractivity contribution >= 4 is 16.1 Å². The second-order valence-corrected chi connectivity index (χ2v) is 14.4. The second kappa shape index (κ2) is 9.11. The summed E-state index contributed by atoms with van der Waals surface area (Å²) in [5.74, 6) is 3.59. The monoisotopic (exact) mass is 482 g/mol. The highest BCUT2D eigenvalue weighted by Crippen LogP contribution is 2.69. The molecular formula is C27H46O5S. The highest BCUT2D eigenvalue weighted by molar-refractivity contribution is 7.86. The first-order valence-electron chi connectivity index (χ1n) is 13.3. The Morgan fingerprint density at radius 1 is 1.03 bits per heavy atom. The number of hydrogen-bond acceptors (Lipinski definition) is 5. The molecule has 0 aliphatic heterocycles. The van der Waals surface area contributed by atoms with Crippen LogP contribution in [0.15, 0.2) is 0 Å². The SMILES string of the molecule is COC(=O)CC[C@@H](C)[C@H]1CCC2C3C(OS(C)(=O)=O)CC4C[C@H](C)CC[C@]4(C)C3CC[C@@]21C. The first-order valence-corrected chi connectivity index (χ1v) is 15.2. The van der Waals surface area contributed by atoms with Crippen LogP contribution in [0.4, 0.5) is 0 Å². The van der Waals surface area contributed by atoms with Gasteiger partial charge < -0.3 is 4.74 Å². The Morgan fingerprint density at radius 3 is 2.36 bits per heavy atom. The Bertz CT molecular complexity index is 839. The van der Waals surface area contributed by atoms with Gasteiger partial charge in [0.25, 0.3) is 10.1 Å². The van der Waals surface area contributed by atoms with Gasteiger partial charge in [0, 0.05) is 6.42 Å². The normalized spacial score (nSPS) is 46.1. The molecule has 0 aromatic carbocycles. The number of ether oxygens (including phenoxy) is 1. The number of hydrogen-bond donors (Lipinski definition) is 0. The Morgan fingerprint density at radius 2 is 1.70 bits per heavy atom. The molecule has 4 aliphatic carbocycles. The van der Waals surface area contributed by atoms with Crippen molar-refractivity contribution < 1.29 is 22.1 Å². The highest BCUT2D eigenvalue weighted by atomic mass is 32.2. The molecule has 0 heterocycles. The van der Waals surface area contributed by atoms with E-state index in [9.17, 15) is 13.2 Å². The minimum Gasteiger partial charge on any atom is -0.469 e. The molecule has 6 heteroatoms. The smallest absolute Gasteiger partial charge is 0.305 e. The van der Waals surface area contributed by atoms with Crippen LogP contribution in [0.25, 0.3) is 0 Å². The van der Waals surface area contributed by atoms with Crippen molar-refractivity contribution in [2.75, 3.05) is 13.4 Å². The maximum atomic E-state index is 12.3. The van der Waals surface area contributed by atoms with Crippen LogP contribution in [-0.2, 0) is 23.8 Å². The van der Waals surface area contributed by atoms with Crippen LogP contribution in [0.2, 0.25) is 0 Å². The summed E-state index contributed by atoms with van der Waals surface area (Å²) in [5, 5.41) is 0. The van der Waals surface area contributed by atoms with E-state index in [1.807, 2.05) is 0 Å². The number of carbonyl (C=O) groups is 1. The quantitative estimate of drug-likeness (QED) is 0.352. The standard InChI is InChI=1S/C27H46O5S/c1-17-11-13-26(3)19(15-17)16-23(32-33(6,29)30)25-21-9-8-20(18(2)7-10-24(28)31-5)27(21,4)14-12-22(25)26/h17-23,25H,7-16H2,1-6H3/t17-,18-,19?,20-,21?,22?,23?,25?,26+,27-/m1/s1. The van der Waals surface area contributed by atoms with Crippen LogP contribution >= 0.6 is 0 Å². The van der Waals surface area contributed by atoms with Gasteiger partial charge in [-0.1, -0.05) is 34.1 Å². The van der Waals surface area contributed by atoms with Crippen molar-refractivity contribution in [1.29, 1.82) is 0 Å². The molecule has 0 bridgehead atoms. The molecule has 190 valence electrons. The molecule has 0 aromatic rings. The predicted molar refractivity (Wildman–Crippen MR) is 130 cm³/mol. The minimum atomic E-state index is -3.50. The Labute approximate surface area is 201 Å². The summed E-state index contributed by atoms with van der Waals surface area (Å²) in [6.07, 6.45) is 11.8. The second-order valence-electron chi connectivity index (χ2n) is 12.8. The molecule has 0 radical (unpaired) electrons. The number of esters is 1. The van der Waals surface area contributed by atoms with Gasteiger partial charge in [-0.2, -0.15) is 8.42 Å². The first-order chi connectivity index (χ1) is 15.4. The third-order valence-electron chi connectivity index (χ3n) is 11.0. The topological polar surface area (TPSA) is 69.7 Å². The first kappa shape index (κ1) is 25.5. The van der Waals surface area contributed by atoms with E-state index in [1.165, 1.54) is 51.9 Å². The minimum absolute atomic E-state index is 0.121. The lowest BCUT2D eigenvalue weighted by molar-refractivity contribution is -0.161. The Kier molecular flexibility index (Phi) is 7.03. The van der Waals surface area contributed by atoms with Crippen LogP contribution in [0, 0.1) is 52.3 Å². The number of methoxy groups -OCH3 is 1. The van der Waals surface area contributed by atoms with Crippen LogP contribution in [0.3, 0.4) is 0 Å². The van der Waals surface area contributed by atoms with Gasteiger partial charge in [0.2, 0.25) is 0 Å². The molecule has 4 fully saturated rings. The van der Waals surface area contributed by atoms with Gasteiger partial charge in [-0.15, -0.1) is 0 Å². The highest BCUT2D eigenvalue weighted by Gasteiger charge is 2.63. The maximum Gasteiger partial charge on any atom is 0.305 e. The molecule has 5 nitrogen and oxygen atoms in total. The average molecular weight is 483 g/mol. The van der Waals surface area contributed by atoms with E-state index in [2.05, 4.69) is 27.7 Å². The van der Waals surface area contributed by atoms with Crippen molar-refractivity contribution in [1.82, 2.24) is 0 Å². The Hall–Kier alpha value is -0.620. The third-order valence-corrected chi connectivity index (χ3v) is 11.6. The van der Waals surface area contributed by atoms with Crippen molar-refractivity contribution in [3.63, 3.8) is 0 Å². The largest absolute Gasteiger partial charge is 0.469 e. The zero-order chi connectivity index (χ0) is 24.2. The zero-order valence-corrected chi connectivity index (χ0v) is 22.5. The van der Waals surface area contributed by atoms with Crippen LogP contribution in [0.1, 0.15) is 91.9 Å². The molecule has 0 amide bonds. The molecule has 4 rings (SSSR count). The van der Waals surface area contributed by atoms with Gasteiger partial charge in [-0.3, -0.25) is 8.98 Å². The maximum absolute atomic E-state index is 12.3. The molecule has 4 aliphatic rings. The van der Waals surface area contributed by atoms with Gasteiger partial charge >= 0.3 is 5.97 Å². The van der Waals surface area contributed by atoms with E-state index in [4.69, 9.17) is 8.92 Å². The van der Waals surface area contributed by atoms with Gasteiger partial charge in [0.05, 0.1) is 19.5 Å². The summed E-state index contributed by atoms with van der Waals surface area (Å²) in [5.41, 5.74) is 0.505. The van der Waals surface area contributed by atoms with Crippen molar-refractivity contribution in [2.24, 2.45) is 52.3 Å². The molecule has 33 heavy (non-hydrogen) atoms.